The third kappa shape index (κ3) is 3.89. The summed E-state index contributed by atoms with van der Waals surface area (Å²) in [6.45, 7) is 6.13. The highest BCUT2D eigenvalue weighted by Gasteiger charge is 2.57. The average Bonchev–Trinajstić information content (AvgIpc) is 2.89. The summed E-state index contributed by atoms with van der Waals surface area (Å²) in [4.78, 5) is 16.8. The minimum atomic E-state index is 0. The van der Waals surface area contributed by atoms with Crippen molar-refractivity contribution in [2.45, 2.75) is 39.2 Å². The Kier molecular flexibility index (Phi) is 6.47. The van der Waals surface area contributed by atoms with Crippen LogP contribution in [0, 0.1) is 18.3 Å². The molecule has 2 fully saturated rings. The second-order valence-corrected chi connectivity index (χ2v) is 6.82. The molecule has 1 saturated heterocycles. The van der Waals surface area contributed by atoms with Crippen LogP contribution in [0.25, 0.3) is 0 Å². The zero-order valence-electron chi connectivity index (χ0n) is 12.3. The number of halogens is 2. The van der Waals surface area contributed by atoms with Gasteiger partial charge in [0.15, 0.2) is 0 Å². The highest BCUT2D eigenvalue weighted by molar-refractivity contribution is 7.09. The van der Waals surface area contributed by atoms with Gasteiger partial charge in [-0.1, -0.05) is 0 Å². The summed E-state index contributed by atoms with van der Waals surface area (Å²) in [5.74, 6) is 0.459. The fraction of sp³-hybridized carbons (Fsp3) is 0.714. The highest BCUT2D eigenvalue weighted by Crippen LogP contribution is 2.58. The number of carbonyl (C=O) groups excluding carboxylic acids is 1. The van der Waals surface area contributed by atoms with Crippen LogP contribution in [0.15, 0.2) is 5.38 Å². The van der Waals surface area contributed by atoms with E-state index in [4.69, 9.17) is 0 Å². The molecule has 21 heavy (non-hydrogen) atoms. The number of rotatable bonds is 3. The fourth-order valence-electron chi connectivity index (χ4n) is 3.14. The fourth-order valence-corrected chi connectivity index (χ4v) is 3.95. The Morgan fingerprint density at radius 3 is 2.71 bits per heavy atom. The predicted octanol–water partition coefficient (Wildman–Crippen LogP) is 2.86. The number of hydrogen-bond donors (Lipinski definition) is 2. The van der Waals surface area contributed by atoms with Crippen LogP contribution < -0.4 is 10.6 Å². The van der Waals surface area contributed by atoms with Crippen molar-refractivity contribution in [3.05, 3.63) is 16.1 Å². The van der Waals surface area contributed by atoms with E-state index in [1.165, 1.54) is 0 Å². The van der Waals surface area contributed by atoms with E-state index in [1.807, 2.05) is 19.2 Å². The van der Waals surface area contributed by atoms with Gasteiger partial charge in [0.05, 0.1) is 6.04 Å². The van der Waals surface area contributed by atoms with Gasteiger partial charge in [0.2, 0.25) is 5.91 Å². The summed E-state index contributed by atoms with van der Waals surface area (Å²) in [6.07, 6.45) is 3.37. The van der Waals surface area contributed by atoms with Gasteiger partial charge in [0.25, 0.3) is 0 Å². The second-order valence-electron chi connectivity index (χ2n) is 5.93. The van der Waals surface area contributed by atoms with Crippen molar-refractivity contribution in [2.24, 2.45) is 11.3 Å². The molecule has 1 saturated carbocycles. The van der Waals surface area contributed by atoms with Gasteiger partial charge in [-0.15, -0.1) is 36.2 Å². The van der Waals surface area contributed by atoms with Crippen molar-refractivity contribution in [3.63, 3.8) is 0 Å². The maximum atomic E-state index is 12.3. The molecule has 0 radical (unpaired) electrons. The monoisotopic (exact) mass is 351 g/mol. The van der Waals surface area contributed by atoms with Crippen molar-refractivity contribution < 1.29 is 4.79 Å². The van der Waals surface area contributed by atoms with Gasteiger partial charge in [-0.25, -0.2) is 4.98 Å². The van der Waals surface area contributed by atoms with Crippen LogP contribution >= 0.6 is 36.2 Å². The van der Waals surface area contributed by atoms with Gasteiger partial charge in [0.1, 0.15) is 5.01 Å². The first-order valence-corrected chi connectivity index (χ1v) is 7.92. The quantitative estimate of drug-likeness (QED) is 0.880. The lowest BCUT2D eigenvalue weighted by atomic mass is 9.91. The normalized spacial score (nSPS) is 23.6. The first kappa shape index (κ1) is 18.7. The molecule has 2 atom stereocenters. The number of thiazole rings is 1. The maximum Gasteiger partial charge on any atom is 0.224 e. The van der Waals surface area contributed by atoms with E-state index in [-0.39, 0.29) is 42.7 Å². The van der Waals surface area contributed by atoms with Gasteiger partial charge < -0.3 is 10.6 Å². The number of aromatic nitrogens is 1. The number of nitrogens with zero attached hydrogens (tertiary/aromatic N) is 1. The molecule has 1 aliphatic heterocycles. The van der Waals surface area contributed by atoms with E-state index < -0.39 is 0 Å². The maximum absolute atomic E-state index is 12.3. The van der Waals surface area contributed by atoms with Crippen LogP contribution in [0.3, 0.4) is 0 Å². The molecule has 1 aromatic heterocycles. The van der Waals surface area contributed by atoms with Crippen LogP contribution in [0.5, 0.6) is 0 Å². The van der Waals surface area contributed by atoms with Crippen molar-refractivity contribution in [1.29, 1.82) is 0 Å². The predicted molar refractivity (Wildman–Crippen MR) is 90.5 cm³/mol. The number of aryl methyl sites for hydroxylation is 1. The Balaban J connectivity index is 0.00000110. The molecular formula is C14H23Cl2N3OS. The first-order valence-electron chi connectivity index (χ1n) is 7.04. The molecular weight excluding hydrogens is 329 g/mol. The standard InChI is InChI=1S/C14H21N3OS.2ClH/c1-9-8-19-13(16-9)10(2)17-12(18)11-7-14(11)3-5-15-6-4-14;;/h8,10-11,15H,3-7H2,1-2H3,(H,17,18);2*1H. The second kappa shape index (κ2) is 7.27. The topological polar surface area (TPSA) is 54.0 Å². The molecule has 120 valence electrons. The molecule has 1 spiro atoms. The van der Waals surface area contributed by atoms with E-state index >= 15 is 0 Å². The summed E-state index contributed by atoms with van der Waals surface area (Å²) in [7, 11) is 0. The van der Waals surface area contributed by atoms with Crippen molar-refractivity contribution in [1.82, 2.24) is 15.6 Å². The Morgan fingerprint density at radius 2 is 2.14 bits per heavy atom. The summed E-state index contributed by atoms with van der Waals surface area (Å²) >= 11 is 1.62. The van der Waals surface area contributed by atoms with Gasteiger partial charge in [-0.05, 0) is 51.6 Å². The van der Waals surface area contributed by atoms with E-state index in [2.05, 4.69) is 15.6 Å². The Hall–Kier alpha value is -0.360. The first-order chi connectivity index (χ1) is 9.11. The number of amides is 1. The van der Waals surface area contributed by atoms with E-state index in [1.54, 1.807) is 11.3 Å². The van der Waals surface area contributed by atoms with Crippen LogP contribution in [0.1, 0.15) is 42.9 Å². The molecule has 0 bridgehead atoms. The van der Waals surface area contributed by atoms with Gasteiger partial charge in [-0.2, -0.15) is 0 Å². The van der Waals surface area contributed by atoms with E-state index in [0.29, 0.717) is 5.41 Å². The molecule has 2 N–H and O–H groups in total. The zero-order chi connectivity index (χ0) is 13.5. The summed E-state index contributed by atoms with van der Waals surface area (Å²) < 4.78 is 0. The number of carbonyl (C=O) groups is 1. The summed E-state index contributed by atoms with van der Waals surface area (Å²) in [6, 6.07) is 0.0329. The molecule has 0 aromatic carbocycles. The minimum absolute atomic E-state index is 0. The number of nitrogens with one attached hydrogen (secondary N) is 2. The Labute approximate surface area is 142 Å². The Morgan fingerprint density at radius 1 is 1.48 bits per heavy atom. The third-order valence-corrected chi connectivity index (χ3v) is 5.62. The van der Waals surface area contributed by atoms with Crippen molar-refractivity contribution in [2.75, 3.05) is 13.1 Å². The SMILES string of the molecule is Cc1csc(C(C)NC(=O)C2CC23CCNCC3)n1.Cl.Cl. The molecule has 4 nitrogen and oxygen atoms in total. The molecule has 2 heterocycles. The lowest BCUT2D eigenvalue weighted by Gasteiger charge is -2.23. The molecule has 1 amide bonds. The molecule has 1 aromatic rings. The van der Waals surface area contributed by atoms with Crippen LogP contribution in [0.2, 0.25) is 0 Å². The molecule has 2 unspecified atom stereocenters. The number of piperidine rings is 1. The van der Waals surface area contributed by atoms with Crippen LogP contribution in [-0.4, -0.2) is 24.0 Å². The molecule has 1 aliphatic carbocycles. The lowest BCUT2D eigenvalue weighted by molar-refractivity contribution is -0.123. The van der Waals surface area contributed by atoms with Gasteiger partial charge in [-0.3, -0.25) is 4.79 Å². The zero-order valence-corrected chi connectivity index (χ0v) is 14.8. The lowest BCUT2D eigenvalue weighted by Crippen LogP contribution is -2.34. The summed E-state index contributed by atoms with van der Waals surface area (Å²) in [5.41, 5.74) is 1.34. The molecule has 2 aliphatic rings. The summed E-state index contributed by atoms with van der Waals surface area (Å²) in [5, 5.41) is 9.54. The van der Waals surface area contributed by atoms with Crippen molar-refractivity contribution in [3.8, 4) is 0 Å². The largest absolute Gasteiger partial charge is 0.347 e. The smallest absolute Gasteiger partial charge is 0.224 e. The van der Waals surface area contributed by atoms with Crippen LogP contribution in [-0.2, 0) is 4.79 Å². The van der Waals surface area contributed by atoms with Gasteiger partial charge in [0, 0.05) is 17.0 Å². The average molecular weight is 352 g/mol. The Bertz CT molecular complexity index is 488. The molecule has 3 rings (SSSR count). The molecule has 7 heteroatoms. The van der Waals surface area contributed by atoms with Crippen molar-refractivity contribution >= 4 is 42.1 Å². The number of hydrogen-bond acceptors (Lipinski definition) is 4. The van der Waals surface area contributed by atoms with Crippen LogP contribution in [0.4, 0.5) is 0 Å². The van der Waals surface area contributed by atoms with Gasteiger partial charge >= 0.3 is 0 Å². The van der Waals surface area contributed by atoms with E-state index in [0.717, 1.165) is 43.1 Å². The highest BCUT2D eigenvalue weighted by atomic mass is 35.5. The minimum Gasteiger partial charge on any atom is -0.347 e. The van der Waals surface area contributed by atoms with E-state index in [9.17, 15) is 4.79 Å². The third-order valence-electron chi connectivity index (χ3n) is 4.47.